The number of benzene rings is 1. The standard InChI is InChI=1S/C17H20N2O/c20-17(19-16(14-8-9-14)15-10-11-15)18-12-4-7-13-5-2-1-3-6-13/h1-3,5-6,14-16H,8-12H2,(H2,18,19,20). The minimum absolute atomic E-state index is 0.0730. The number of rotatable bonds is 4. The molecule has 3 nitrogen and oxygen atoms in total. The van der Waals surface area contributed by atoms with Gasteiger partial charge in [0.05, 0.1) is 6.54 Å². The smallest absolute Gasteiger partial charge is 0.315 e. The molecule has 2 amide bonds. The van der Waals surface area contributed by atoms with Crippen LogP contribution in [-0.2, 0) is 0 Å². The van der Waals surface area contributed by atoms with E-state index in [-0.39, 0.29) is 6.03 Å². The molecule has 0 radical (unpaired) electrons. The second kappa shape index (κ2) is 6.00. The van der Waals surface area contributed by atoms with E-state index in [1.165, 1.54) is 25.7 Å². The predicted octanol–water partition coefficient (Wildman–Crippen LogP) is 2.53. The van der Waals surface area contributed by atoms with Crippen LogP contribution in [0.3, 0.4) is 0 Å². The Morgan fingerprint density at radius 1 is 1.15 bits per heavy atom. The predicted molar refractivity (Wildman–Crippen MR) is 79.1 cm³/mol. The number of carbonyl (C=O) groups is 1. The number of hydrogen-bond donors (Lipinski definition) is 2. The molecule has 0 heterocycles. The normalized spacial score (nSPS) is 17.2. The first-order valence-corrected chi connectivity index (χ1v) is 7.41. The van der Waals surface area contributed by atoms with Gasteiger partial charge in [0, 0.05) is 11.6 Å². The molecule has 0 aliphatic heterocycles. The first kappa shape index (κ1) is 13.1. The number of nitrogens with one attached hydrogen (secondary N) is 2. The van der Waals surface area contributed by atoms with Gasteiger partial charge in [-0.2, -0.15) is 0 Å². The van der Waals surface area contributed by atoms with Crippen LogP contribution in [0.4, 0.5) is 4.79 Å². The molecule has 1 aromatic carbocycles. The minimum Gasteiger partial charge on any atom is -0.335 e. The molecule has 2 fully saturated rings. The fourth-order valence-corrected chi connectivity index (χ4v) is 2.53. The molecule has 104 valence electrons. The summed E-state index contributed by atoms with van der Waals surface area (Å²) < 4.78 is 0. The maximum atomic E-state index is 11.8. The van der Waals surface area contributed by atoms with Crippen molar-refractivity contribution < 1.29 is 4.79 Å². The minimum atomic E-state index is -0.0730. The highest BCUT2D eigenvalue weighted by atomic mass is 16.2. The summed E-state index contributed by atoms with van der Waals surface area (Å²) in [5.74, 6) is 7.46. The second-order valence-electron chi connectivity index (χ2n) is 5.70. The van der Waals surface area contributed by atoms with Gasteiger partial charge >= 0.3 is 6.03 Å². The zero-order chi connectivity index (χ0) is 13.8. The van der Waals surface area contributed by atoms with Gasteiger partial charge in [-0.25, -0.2) is 4.79 Å². The van der Waals surface area contributed by atoms with Crippen LogP contribution in [0.1, 0.15) is 31.2 Å². The summed E-state index contributed by atoms with van der Waals surface area (Å²) >= 11 is 0. The van der Waals surface area contributed by atoms with Crippen LogP contribution < -0.4 is 10.6 Å². The topological polar surface area (TPSA) is 41.1 Å². The van der Waals surface area contributed by atoms with Crippen LogP contribution in [0, 0.1) is 23.7 Å². The molecule has 3 rings (SSSR count). The Labute approximate surface area is 120 Å². The van der Waals surface area contributed by atoms with Crippen molar-refractivity contribution in [3.8, 4) is 11.8 Å². The first-order valence-electron chi connectivity index (χ1n) is 7.41. The molecule has 0 saturated heterocycles. The fraction of sp³-hybridized carbons (Fsp3) is 0.471. The average molecular weight is 268 g/mol. The van der Waals surface area contributed by atoms with Crippen molar-refractivity contribution in [1.82, 2.24) is 10.6 Å². The Bertz CT molecular complexity index is 509. The third kappa shape index (κ3) is 3.77. The summed E-state index contributed by atoms with van der Waals surface area (Å²) in [7, 11) is 0. The van der Waals surface area contributed by atoms with E-state index in [4.69, 9.17) is 0 Å². The molecule has 2 N–H and O–H groups in total. The highest BCUT2D eigenvalue weighted by Gasteiger charge is 2.42. The summed E-state index contributed by atoms with van der Waals surface area (Å²) in [5, 5.41) is 5.95. The lowest BCUT2D eigenvalue weighted by Crippen LogP contribution is -2.44. The molecule has 20 heavy (non-hydrogen) atoms. The van der Waals surface area contributed by atoms with E-state index in [2.05, 4.69) is 22.5 Å². The molecule has 1 aromatic rings. The molecule has 2 aliphatic rings. The monoisotopic (exact) mass is 268 g/mol. The summed E-state index contributed by atoms with van der Waals surface area (Å²) in [6, 6.07) is 10.1. The van der Waals surface area contributed by atoms with Gasteiger partial charge in [0.1, 0.15) is 0 Å². The van der Waals surface area contributed by atoms with Crippen molar-refractivity contribution in [3.63, 3.8) is 0 Å². The Morgan fingerprint density at radius 3 is 2.40 bits per heavy atom. The van der Waals surface area contributed by atoms with Gasteiger partial charge in [0.15, 0.2) is 0 Å². The Hall–Kier alpha value is -1.95. The SMILES string of the molecule is O=C(NCC#Cc1ccccc1)NC(C1CC1)C1CC1. The maximum absolute atomic E-state index is 11.8. The summed E-state index contributed by atoms with van der Waals surface area (Å²) in [6.45, 7) is 0.392. The van der Waals surface area contributed by atoms with E-state index in [1.54, 1.807) is 0 Å². The van der Waals surface area contributed by atoms with E-state index in [0.717, 1.165) is 17.4 Å². The zero-order valence-corrected chi connectivity index (χ0v) is 11.6. The van der Waals surface area contributed by atoms with Gasteiger partial charge in [-0.05, 0) is 49.7 Å². The first-order chi connectivity index (χ1) is 9.83. The van der Waals surface area contributed by atoms with Gasteiger partial charge in [-0.15, -0.1) is 0 Å². The Morgan fingerprint density at radius 2 is 1.80 bits per heavy atom. The zero-order valence-electron chi connectivity index (χ0n) is 11.6. The van der Waals surface area contributed by atoms with Crippen molar-refractivity contribution in [3.05, 3.63) is 35.9 Å². The Kier molecular flexibility index (Phi) is 3.92. The number of hydrogen-bond acceptors (Lipinski definition) is 1. The van der Waals surface area contributed by atoms with Crippen molar-refractivity contribution in [2.75, 3.05) is 6.54 Å². The van der Waals surface area contributed by atoms with Crippen molar-refractivity contribution in [2.24, 2.45) is 11.8 Å². The molecule has 0 bridgehead atoms. The maximum Gasteiger partial charge on any atom is 0.315 e. The molecule has 2 aliphatic carbocycles. The van der Waals surface area contributed by atoms with Gasteiger partial charge < -0.3 is 10.6 Å². The van der Waals surface area contributed by atoms with Gasteiger partial charge in [0.2, 0.25) is 0 Å². The second-order valence-corrected chi connectivity index (χ2v) is 5.70. The third-order valence-electron chi connectivity index (χ3n) is 3.90. The molecule has 0 spiro atoms. The molecule has 0 atom stereocenters. The van der Waals surface area contributed by atoms with Crippen LogP contribution in [0.5, 0.6) is 0 Å². The fourth-order valence-electron chi connectivity index (χ4n) is 2.53. The molecule has 0 aromatic heterocycles. The van der Waals surface area contributed by atoms with Crippen LogP contribution in [0.15, 0.2) is 30.3 Å². The number of urea groups is 1. The average Bonchev–Trinajstić information content (AvgIpc) is 3.35. The van der Waals surface area contributed by atoms with E-state index < -0.39 is 0 Å². The van der Waals surface area contributed by atoms with Crippen LogP contribution >= 0.6 is 0 Å². The van der Waals surface area contributed by atoms with Crippen molar-refractivity contribution >= 4 is 6.03 Å². The summed E-state index contributed by atoms with van der Waals surface area (Å²) in [4.78, 5) is 11.8. The number of carbonyl (C=O) groups excluding carboxylic acids is 1. The third-order valence-corrected chi connectivity index (χ3v) is 3.90. The molecular weight excluding hydrogens is 248 g/mol. The Balaban J connectivity index is 1.42. The van der Waals surface area contributed by atoms with Gasteiger partial charge in [0.25, 0.3) is 0 Å². The van der Waals surface area contributed by atoms with Crippen LogP contribution in [0.2, 0.25) is 0 Å². The number of amides is 2. The lowest BCUT2D eigenvalue weighted by atomic mass is 10.1. The van der Waals surface area contributed by atoms with Gasteiger partial charge in [-0.1, -0.05) is 30.0 Å². The largest absolute Gasteiger partial charge is 0.335 e. The van der Waals surface area contributed by atoms with E-state index in [9.17, 15) is 4.79 Å². The summed E-state index contributed by atoms with van der Waals surface area (Å²) in [6.07, 6.45) is 5.09. The van der Waals surface area contributed by atoms with E-state index >= 15 is 0 Å². The van der Waals surface area contributed by atoms with Crippen molar-refractivity contribution in [1.29, 1.82) is 0 Å². The lowest BCUT2D eigenvalue weighted by molar-refractivity contribution is 0.234. The van der Waals surface area contributed by atoms with Crippen molar-refractivity contribution in [2.45, 2.75) is 31.7 Å². The highest BCUT2D eigenvalue weighted by molar-refractivity contribution is 5.74. The summed E-state index contributed by atoms with van der Waals surface area (Å²) in [5.41, 5.74) is 0.976. The quantitative estimate of drug-likeness (QED) is 0.809. The highest BCUT2D eigenvalue weighted by Crippen LogP contribution is 2.44. The molecule has 2 saturated carbocycles. The van der Waals surface area contributed by atoms with Gasteiger partial charge in [-0.3, -0.25) is 0 Å². The molecular formula is C17H20N2O. The van der Waals surface area contributed by atoms with Crippen LogP contribution in [0.25, 0.3) is 0 Å². The van der Waals surface area contributed by atoms with Crippen LogP contribution in [-0.4, -0.2) is 18.6 Å². The molecule has 3 heteroatoms. The van der Waals surface area contributed by atoms with E-state index in [0.29, 0.717) is 12.6 Å². The molecule has 0 unspecified atom stereocenters. The van der Waals surface area contributed by atoms with E-state index in [1.807, 2.05) is 30.3 Å². The lowest BCUT2D eigenvalue weighted by Gasteiger charge is -2.17.